The Balaban J connectivity index is 2.32. The minimum atomic E-state index is -2.87. The number of ether oxygens (including phenoxy) is 1. The lowest BCUT2D eigenvalue weighted by molar-refractivity contribution is -0.0498. The molecule has 0 spiro atoms. The highest BCUT2D eigenvalue weighted by atomic mass is 19.3. The second-order valence-corrected chi connectivity index (χ2v) is 4.49. The summed E-state index contributed by atoms with van der Waals surface area (Å²) in [5, 5.41) is 14.5. The maximum Gasteiger partial charge on any atom is 0.387 e. The van der Waals surface area contributed by atoms with Crippen LogP contribution < -0.4 is 15.4 Å². The van der Waals surface area contributed by atoms with Gasteiger partial charge in [-0.15, -0.1) is 0 Å². The van der Waals surface area contributed by atoms with Gasteiger partial charge in [-0.2, -0.15) is 8.78 Å². The van der Waals surface area contributed by atoms with Gasteiger partial charge in [0.05, 0.1) is 6.10 Å². The van der Waals surface area contributed by atoms with Crippen molar-refractivity contribution in [1.29, 1.82) is 0 Å². The number of aliphatic hydroxyl groups is 1. The van der Waals surface area contributed by atoms with Gasteiger partial charge >= 0.3 is 12.6 Å². The topological polar surface area (TPSA) is 70.6 Å². The van der Waals surface area contributed by atoms with Crippen LogP contribution in [0.3, 0.4) is 0 Å². The first kappa shape index (κ1) is 17.2. The fourth-order valence-electron chi connectivity index (χ4n) is 1.63. The molecule has 21 heavy (non-hydrogen) atoms. The molecule has 5 nitrogen and oxygen atoms in total. The molecule has 1 aromatic rings. The number of amides is 2. The molecule has 0 aliphatic rings. The number of alkyl halides is 2. The van der Waals surface area contributed by atoms with Crippen LogP contribution in [-0.2, 0) is 6.54 Å². The van der Waals surface area contributed by atoms with E-state index in [9.17, 15) is 18.7 Å². The fraction of sp³-hybridized carbons (Fsp3) is 0.500. The predicted octanol–water partition coefficient (Wildman–Crippen LogP) is 2.25. The van der Waals surface area contributed by atoms with E-state index in [4.69, 9.17) is 0 Å². The number of urea groups is 1. The van der Waals surface area contributed by atoms with Gasteiger partial charge in [-0.3, -0.25) is 0 Å². The Morgan fingerprint density at radius 2 is 2.14 bits per heavy atom. The van der Waals surface area contributed by atoms with Gasteiger partial charge in [0.25, 0.3) is 0 Å². The molecule has 1 rings (SSSR count). The number of carbonyl (C=O) groups is 1. The minimum absolute atomic E-state index is 0.0516. The third-order valence-corrected chi connectivity index (χ3v) is 2.81. The van der Waals surface area contributed by atoms with Crippen molar-refractivity contribution < 1.29 is 23.4 Å². The summed E-state index contributed by atoms with van der Waals surface area (Å²) < 4.78 is 28.4. The van der Waals surface area contributed by atoms with E-state index < -0.39 is 12.7 Å². The Kier molecular flexibility index (Phi) is 7.45. The van der Waals surface area contributed by atoms with Crippen molar-refractivity contribution in [3.8, 4) is 5.75 Å². The van der Waals surface area contributed by atoms with Crippen molar-refractivity contribution in [1.82, 2.24) is 10.6 Å². The predicted molar refractivity (Wildman–Crippen MR) is 74.2 cm³/mol. The van der Waals surface area contributed by atoms with Crippen LogP contribution in [0, 0.1) is 0 Å². The summed E-state index contributed by atoms with van der Waals surface area (Å²) in [6, 6.07) is 5.75. The smallest absolute Gasteiger partial charge is 0.387 e. The average molecular weight is 302 g/mol. The SMILES string of the molecule is CCC(O)CCNC(=O)NCc1cccc(OC(F)F)c1. The Hall–Kier alpha value is -1.89. The lowest BCUT2D eigenvalue weighted by atomic mass is 10.2. The normalized spacial score (nSPS) is 12.0. The van der Waals surface area contributed by atoms with E-state index in [1.807, 2.05) is 6.92 Å². The number of carbonyl (C=O) groups excluding carboxylic acids is 1. The average Bonchev–Trinajstić information content (AvgIpc) is 2.44. The van der Waals surface area contributed by atoms with Gasteiger partial charge in [-0.25, -0.2) is 4.79 Å². The number of aliphatic hydroxyl groups excluding tert-OH is 1. The molecule has 0 fully saturated rings. The van der Waals surface area contributed by atoms with E-state index in [2.05, 4.69) is 15.4 Å². The van der Waals surface area contributed by atoms with Gasteiger partial charge in [0.2, 0.25) is 0 Å². The maximum absolute atomic E-state index is 12.1. The summed E-state index contributed by atoms with van der Waals surface area (Å²) in [7, 11) is 0. The molecule has 0 saturated carbocycles. The van der Waals surface area contributed by atoms with Crippen LogP contribution in [0.25, 0.3) is 0 Å². The second-order valence-electron chi connectivity index (χ2n) is 4.49. The maximum atomic E-state index is 12.1. The van der Waals surface area contributed by atoms with Crippen LogP contribution in [0.1, 0.15) is 25.3 Å². The molecule has 2 amide bonds. The van der Waals surface area contributed by atoms with Crippen molar-refractivity contribution in [3.05, 3.63) is 29.8 Å². The van der Waals surface area contributed by atoms with Crippen LogP contribution in [0.15, 0.2) is 24.3 Å². The molecule has 0 heterocycles. The number of hydrogen-bond acceptors (Lipinski definition) is 3. The largest absolute Gasteiger partial charge is 0.435 e. The van der Waals surface area contributed by atoms with Crippen molar-refractivity contribution in [3.63, 3.8) is 0 Å². The summed E-state index contributed by atoms with van der Waals surface area (Å²) in [6.45, 7) is -0.446. The molecule has 118 valence electrons. The Morgan fingerprint density at radius 1 is 1.38 bits per heavy atom. The molecule has 0 radical (unpaired) electrons. The van der Waals surface area contributed by atoms with Gasteiger partial charge in [0.1, 0.15) is 5.75 Å². The zero-order chi connectivity index (χ0) is 15.7. The van der Waals surface area contributed by atoms with Crippen LogP contribution in [0.4, 0.5) is 13.6 Å². The third-order valence-electron chi connectivity index (χ3n) is 2.81. The first-order valence-corrected chi connectivity index (χ1v) is 6.74. The summed E-state index contributed by atoms with van der Waals surface area (Å²) >= 11 is 0. The Morgan fingerprint density at radius 3 is 2.81 bits per heavy atom. The van der Waals surface area contributed by atoms with E-state index in [1.54, 1.807) is 12.1 Å². The lowest BCUT2D eigenvalue weighted by Gasteiger charge is -2.11. The fourth-order valence-corrected chi connectivity index (χ4v) is 1.63. The summed E-state index contributed by atoms with van der Waals surface area (Å²) in [5.41, 5.74) is 0.650. The van der Waals surface area contributed by atoms with Crippen molar-refractivity contribution in [2.24, 2.45) is 0 Å². The van der Waals surface area contributed by atoms with E-state index >= 15 is 0 Å². The summed E-state index contributed by atoms with van der Waals surface area (Å²) in [5.74, 6) is 0.0516. The molecule has 1 aromatic carbocycles. The van der Waals surface area contributed by atoms with Gasteiger partial charge in [0.15, 0.2) is 0 Å². The molecule has 1 unspecified atom stereocenters. The first-order chi connectivity index (χ1) is 10.0. The second kappa shape index (κ2) is 9.12. The molecule has 0 saturated heterocycles. The summed E-state index contributed by atoms with van der Waals surface area (Å²) in [4.78, 5) is 11.5. The highest BCUT2D eigenvalue weighted by molar-refractivity contribution is 5.73. The molecule has 0 bridgehead atoms. The number of nitrogens with one attached hydrogen (secondary N) is 2. The van der Waals surface area contributed by atoms with Crippen LogP contribution >= 0.6 is 0 Å². The van der Waals surface area contributed by atoms with Crippen molar-refractivity contribution in [2.45, 2.75) is 39.0 Å². The molecule has 1 atom stereocenters. The van der Waals surface area contributed by atoms with Crippen LogP contribution in [0.2, 0.25) is 0 Å². The van der Waals surface area contributed by atoms with E-state index in [-0.39, 0.29) is 18.3 Å². The quantitative estimate of drug-likeness (QED) is 0.690. The monoisotopic (exact) mass is 302 g/mol. The Bertz CT molecular complexity index is 444. The van der Waals surface area contributed by atoms with E-state index in [0.717, 1.165) is 0 Å². The zero-order valence-corrected chi connectivity index (χ0v) is 11.8. The van der Waals surface area contributed by atoms with Gasteiger partial charge < -0.3 is 20.5 Å². The number of benzene rings is 1. The van der Waals surface area contributed by atoms with E-state index in [0.29, 0.717) is 24.9 Å². The summed E-state index contributed by atoms with van der Waals surface area (Å²) in [6.07, 6.45) is 0.704. The van der Waals surface area contributed by atoms with Crippen LogP contribution in [-0.4, -0.2) is 30.4 Å². The standard InChI is InChI=1S/C14H20F2N2O3/c1-2-11(19)6-7-17-14(20)18-9-10-4-3-5-12(8-10)21-13(15)16/h3-5,8,11,13,19H,2,6-7,9H2,1H3,(H2,17,18,20). The first-order valence-electron chi connectivity index (χ1n) is 6.74. The van der Waals surface area contributed by atoms with Crippen LogP contribution in [0.5, 0.6) is 5.75 Å². The molecule has 0 aliphatic heterocycles. The van der Waals surface area contributed by atoms with Gasteiger partial charge in [-0.05, 0) is 30.5 Å². The van der Waals surface area contributed by atoms with Gasteiger partial charge in [0, 0.05) is 13.1 Å². The number of hydrogen-bond donors (Lipinski definition) is 3. The minimum Gasteiger partial charge on any atom is -0.435 e. The number of rotatable bonds is 8. The molecule has 0 aliphatic carbocycles. The van der Waals surface area contributed by atoms with Gasteiger partial charge in [-0.1, -0.05) is 19.1 Å². The third kappa shape index (κ3) is 7.45. The van der Waals surface area contributed by atoms with Crippen molar-refractivity contribution in [2.75, 3.05) is 6.54 Å². The zero-order valence-electron chi connectivity index (χ0n) is 11.8. The van der Waals surface area contributed by atoms with E-state index in [1.165, 1.54) is 12.1 Å². The highest BCUT2D eigenvalue weighted by Crippen LogP contribution is 2.15. The molecule has 7 heteroatoms. The molecule has 0 aromatic heterocycles. The molecular weight excluding hydrogens is 282 g/mol. The lowest BCUT2D eigenvalue weighted by Crippen LogP contribution is -2.36. The molecule has 3 N–H and O–H groups in total. The molecular formula is C14H20F2N2O3. The Labute approximate surface area is 122 Å². The highest BCUT2D eigenvalue weighted by Gasteiger charge is 2.06. The number of halogens is 2. The van der Waals surface area contributed by atoms with Crippen molar-refractivity contribution >= 4 is 6.03 Å².